The molecule has 2 heterocycles. The van der Waals surface area contributed by atoms with E-state index in [0.29, 0.717) is 19.7 Å². The van der Waals surface area contributed by atoms with Gasteiger partial charge in [-0.25, -0.2) is 4.98 Å². The smallest absolute Gasteiger partial charge is 0.191 e. The third-order valence-electron chi connectivity index (χ3n) is 5.03. The Balaban J connectivity index is 1.57. The zero-order chi connectivity index (χ0) is 21.3. The first kappa shape index (κ1) is 21.9. The Morgan fingerprint density at radius 3 is 2.87 bits per heavy atom. The Kier molecular flexibility index (Phi) is 7.90. The lowest BCUT2D eigenvalue weighted by molar-refractivity contribution is 0.0529. The molecule has 7 nitrogen and oxygen atoms in total. The number of hydrogen-bond donors (Lipinski definition) is 2. The fourth-order valence-corrected chi connectivity index (χ4v) is 3.45. The van der Waals surface area contributed by atoms with Gasteiger partial charge in [-0.15, -0.1) is 0 Å². The van der Waals surface area contributed by atoms with Gasteiger partial charge in [0.15, 0.2) is 5.96 Å². The molecule has 1 aliphatic rings. The van der Waals surface area contributed by atoms with Crippen LogP contribution in [0.25, 0.3) is 0 Å². The molecule has 162 valence electrons. The van der Waals surface area contributed by atoms with E-state index in [-0.39, 0.29) is 6.10 Å². The molecule has 0 aliphatic carbocycles. The maximum absolute atomic E-state index is 5.77. The number of morpholine rings is 1. The number of rotatable bonds is 7. The van der Waals surface area contributed by atoms with E-state index >= 15 is 0 Å². The minimum Gasteiger partial charge on any atom is -0.494 e. The van der Waals surface area contributed by atoms with Crippen molar-refractivity contribution in [3.63, 3.8) is 0 Å². The fraction of sp³-hybridized carbons (Fsp3) is 0.478. The van der Waals surface area contributed by atoms with Crippen molar-refractivity contribution in [2.45, 2.75) is 40.0 Å². The average Bonchev–Trinajstić information content (AvgIpc) is 2.75. The largest absolute Gasteiger partial charge is 0.494 e. The summed E-state index contributed by atoms with van der Waals surface area (Å²) in [7, 11) is 1.78. The molecule has 1 unspecified atom stereocenters. The standard InChI is InChI=1S/C23H33N5O2/c1-5-29-21-12-17(2)6-7-20(21)15-27-23(24-4)26-14-19-8-9-25-22(13-19)28-10-11-30-18(3)16-28/h6-9,12-13,18H,5,10-11,14-16H2,1-4H3,(H2,24,26,27). The molecule has 1 saturated heterocycles. The lowest BCUT2D eigenvalue weighted by Crippen LogP contribution is -2.41. The third-order valence-corrected chi connectivity index (χ3v) is 5.03. The monoisotopic (exact) mass is 411 g/mol. The summed E-state index contributed by atoms with van der Waals surface area (Å²) in [6.07, 6.45) is 2.09. The number of aromatic nitrogens is 1. The van der Waals surface area contributed by atoms with Gasteiger partial charge in [-0.05, 0) is 50.1 Å². The highest BCUT2D eigenvalue weighted by molar-refractivity contribution is 5.79. The SMILES string of the molecule is CCOc1cc(C)ccc1CNC(=NC)NCc1ccnc(N2CCOC(C)C2)c1. The van der Waals surface area contributed by atoms with E-state index in [2.05, 4.69) is 63.6 Å². The Morgan fingerprint density at radius 2 is 2.10 bits per heavy atom. The summed E-state index contributed by atoms with van der Waals surface area (Å²) in [6, 6.07) is 10.4. The Bertz CT molecular complexity index is 855. The molecule has 1 fully saturated rings. The number of aryl methyl sites for hydroxylation is 1. The molecule has 0 radical (unpaired) electrons. The highest BCUT2D eigenvalue weighted by Crippen LogP contribution is 2.20. The van der Waals surface area contributed by atoms with E-state index in [0.717, 1.165) is 48.4 Å². The number of anilines is 1. The van der Waals surface area contributed by atoms with Crippen LogP contribution in [0.4, 0.5) is 5.82 Å². The molecule has 1 atom stereocenters. The molecule has 0 amide bonds. The molecule has 0 spiro atoms. The van der Waals surface area contributed by atoms with Gasteiger partial charge < -0.3 is 25.0 Å². The minimum atomic E-state index is 0.230. The predicted octanol–water partition coefficient (Wildman–Crippen LogP) is 2.88. The summed E-state index contributed by atoms with van der Waals surface area (Å²) < 4.78 is 11.4. The molecule has 0 bridgehead atoms. The van der Waals surface area contributed by atoms with Crippen molar-refractivity contribution in [1.82, 2.24) is 15.6 Å². The average molecular weight is 412 g/mol. The molecule has 7 heteroatoms. The van der Waals surface area contributed by atoms with Crippen molar-refractivity contribution in [2.75, 3.05) is 38.3 Å². The van der Waals surface area contributed by atoms with Crippen LogP contribution in [0.5, 0.6) is 5.75 Å². The molecule has 1 aromatic carbocycles. The number of nitrogens with zero attached hydrogens (tertiary/aromatic N) is 3. The Labute approximate surface area is 179 Å². The topological polar surface area (TPSA) is 71.0 Å². The van der Waals surface area contributed by atoms with E-state index in [1.807, 2.05) is 19.2 Å². The molecular formula is C23H33N5O2. The summed E-state index contributed by atoms with van der Waals surface area (Å²) in [5.41, 5.74) is 3.46. The van der Waals surface area contributed by atoms with Crippen LogP contribution < -0.4 is 20.3 Å². The summed E-state index contributed by atoms with van der Waals surface area (Å²) in [4.78, 5) is 11.2. The van der Waals surface area contributed by atoms with E-state index in [1.54, 1.807) is 7.05 Å². The van der Waals surface area contributed by atoms with Crippen LogP contribution in [-0.4, -0.2) is 50.4 Å². The second-order valence-corrected chi connectivity index (χ2v) is 7.47. The number of pyridine rings is 1. The lowest BCUT2D eigenvalue weighted by atomic mass is 10.1. The first-order valence-electron chi connectivity index (χ1n) is 10.6. The molecule has 30 heavy (non-hydrogen) atoms. The number of guanidine groups is 1. The van der Waals surface area contributed by atoms with Gasteiger partial charge in [0, 0.05) is 45.0 Å². The van der Waals surface area contributed by atoms with Gasteiger partial charge in [0.25, 0.3) is 0 Å². The molecule has 1 aliphatic heterocycles. The molecule has 2 N–H and O–H groups in total. The normalized spacial score (nSPS) is 17.0. The van der Waals surface area contributed by atoms with Gasteiger partial charge >= 0.3 is 0 Å². The van der Waals surface area contributed by atoms with E-state index in [9.17, 15) is 0 Å². The third kappa shape index (κ3) is 6.10. The number of benzene rings is 1. The number of ether oxygens (including phenoxy) is 2. The number of hydrogen-bond acceptors (Lipinski definition) is 5. The predicted molar refractivity (Wildman–Crippen MR) is 121 cm³/mol. The van der Waals surface area contributed by atoms with E-state index in [4.69, 9.17) is 9.47 Å². The van der Waals surface area contributed by atoms with Crippen LogP contribution in [0.2, 0.25) is 0 Å². The van der Waals surface area contributed by atoms with E-state index in [1.165, 1.54) is 5.56 Å². The second kappa shape index (κ2) is 10.8. The van der Waals surface area contributed by atoms with Crippen molar-refractivity contribution < 1.29 is 9.47 Å². The number of aliphatic imine (C=N–C) groups is 1. The lowest BCUT2D eigenvalue weighted by Gasteiger charge is -2.32. The van der Waals surface area contributed by atoms with Crippen molar-refractivity contribution in [3.05, 3.63) is 53.2 Å². The van der Waals surface area contributed by atoms with Gasteiger partial charge in [-0.3, -0.25) is 4.99 Å². The van der Waals surface area contributed by atoms with Gasteiger partial charge in [0.2, 0.25) is 0 Å². The maximum atomic E-state index is 5.77. The van der Waals surface area contributed by atoms with Crippen LogP contribution in [0.1, 0.15) is 30.5 Å². The van der Waals surface area contributed by atoms with Crippen molar-refractivity contribution >= 4 is 11.8 Å². The second-order valence-electron chi connectivity index (χ2n) is 7.47. The van der Waals surface area contributed by atoms with Gasteiger partial charge in [-0.1, -0.05) is 12.1 Å². The maximum Gasteiger partial charge on any atom is 0.191 e. The summed E-state index contributed by atoms with van der Waals surface area (Å²) in [5.74, 6) is 2.66. The van der Waals surface area contributed by atoms with Crippen LogP contribution in [-0.2, 0) is 17.8 Å². The van der Waals surface area contributed by atoms with Crippen LogP contribution in [0.15, 0.2) is 41.5 Å². The highest BCUT2D eigenvalue weighted by atomic mass is 16.5. The van der Waals surface area contributed by atoms with Gasteiger partial charge in [0.1, 0.15) is 11.6 Å². The minimum absolute atomic E-state index is 0.230. The highest BCUT2D eigenvalue weighted by Gasteiger charge is 2.18. The Morgan fingerprint density at radius 1 is 1.27 bits per heavy atom. The van der Waals surface area contributed by atoms with Crippen molar-refractivity contribution in [2.24, 2.45) is 4.99 Å². The quantitative estimate of drug-likeness (QED) is 0.539. The van der Waals surface area contributed by atoms with Crippen LogP contribution in [0.3, 0.4) is 0 Å². The summed E-state index contributed by atoms with van der Waals surface area (Å²) in [6.45, 7) is 10.6. The summed E-state index contributed by atoms with van der Waals surface area (Å²) >= 11 is 0. The molecule has 1 aromatic heterocycles. The zero-order valence-electron chi connectivity index (χ0n) is 18.4. The summed E-state index contributed by atoms with van der Waals surface area (Å²) in [5, 5.41) is 6.76. The van der Waals surface area contributed by atoms with E-state index < -0.39 is 0 Å². The first-order chi connectivity index (χ1) is 14.6. The van der Waals surface area contributed by atoms with Crippen molar-refractivity contribution in [3.8, 4) is 5.75 Å². The molecular weight excluding hydrogens is 378 g/mol. The molecule has 2 aromatic rings. The fourth-order valence-electron chi connectivity index (χ4n) is 3.45. The van der Waals surface area contributed by atoms with Crippen LogP contribution >= 0.6 is 0 Å². The van der Waals surface area contributed by atoms with Crippen molar-refractivity contribution in [1.29, 1.82) is 0 Å². The number of nitrogens with one attached hydrogen (secondary N) is 2. The first-order valence-corrected chi connectivity index (χ1v) is 10.6. The van der Waals surface area contributed by atoms with Gasteiger partial charge in [-0.2, -0.15) is 0 Å². The Hall–Kier alpha value is -2.80. The molecule has 3 rings (SSSR count). The van der Waals surface area contributed by atoms with Crippen LogP contribution in [0, 0.1) is 6.92 Å². The zero-order valence-corrected chi connectivity index (χ0v) is 18.4. The molecule has 0 saturated carbocycles. The van der Waals surface area contributed by atoms with Gasteiger partial charge in [0.05, 0.1) is 19.3 Å².